The van der Waals surface area contributed by atoms with E-state index in [0.717, 1.165) is 79.0 Å². The SMILES string of the molecule is COC(=O)c1c2c3ccc(Cl)c(c3n1C)-c1c(C)nn3c1[C@@H](CC3)N(C)Cc1cc(n(C)n1)CSc1cc(c3ccc(F)cc3c1)OCCC2. The number of ether oxygens (including phenoxy) is 2. The maximum atomic E-state index is 14.4. The molecule has 2 aliphatic heterocycles. The van der Waals surface area contributed by atoms with E-state index in [0.29, 0.717) is 48.2 Å². The number of rotatable bonds is 1. The maximum absolute atomic E-state index is 14.4. The molecule has 258 valence electrons. The van der Waals surface area contributed by atoms with Crippen molar-refractivity contribution in [3.05, 3.63) is 93.4 Å². The second-order valence-corrected chi connectivity index (χ2v) is 14.7. The molecule has 8 rings (SSSR count). The summed E-state index contributed by atoms with van der Waals surface area (Å²) in [6.45, 7) is 3.88. The van der Waals surface area contributed by atoms with Crippen molar-refractivity contribution >= 4 is 51.0 Å². The number of aryl methyl sites for hydroxylation is 5. The van der Waals surface area contributed by atoms with E-state index in [1.807, 2.05) is 54.5 Å². The quantitative estimate of drug-likeness (QED) is 0.160. The number of hydrogen-bond donors (Lipinski definition) is 0. The summed E-state index contributed by atoms with van der Waals surface area (Å²) in [6, 6.07) is 15.0. The fourth-order valence-electron chi connectivity index (χ4n) is 7.90. The first kappa shape index (κ1) is 32.9. The third kappa shape index (κ3) is 5.46. The lowest BCUT2D eigenvalue weighted by molar-refractivity contribution is 0.0589. The van der Waals surface area contributed by atoms with Crippen LogP contribution in [0.3, 0.4) is 0 Å². The molecule has 8 bridgehead atoms. The number of esters is 1. The summed E-state index contributed by atoms with van der Waals surface area (Å²) in [4.78, 5) is 16.7. The Bertz CT molecular complexity index is 2330. The summed E-state index contributed by atoms with van der Waals surface area (Å²) in [5.74, 6) is 0.700. The number of aromatic nitrogens is 5. The van der Waals surface area contributed by atoms with Crippen LogP contribution in [-0.4, -0.2) is 55.8 Å². The van der Waals surface area contributed by atoms with Crippen molar-refractivity contribution in [3.8, 4) is 16.9 Å². The molecule has 5 heterocycles. The van der Waals surface area contributed by atoms with Crippen LogP contribution in [0.4, 0.5) is 4.39 Å². The van der Waals surface area contributed by atoms with Gasteiger partial charge in [0.25, 0.3) is 0 Å². The van der Waals surface area contributed by atoms with Gasteiger partial charge in [-0.2, -0.15) is 10.2 Å². The molecule has 0 radical (unpaired) electrons. The van der Waals surface area contributed by atoms with E-state index in [1.165, 1.54) is 13.2 Å². The van der Waals surface area contributed by atoms with Crippen LogP contribution >= 0.6 is 23.4 Å². The van der Waals surface area contributed by atoms with Crippen molar-refractivity contribution in [3.63, 3.8) is 0 Å². The van der Waals surface area contributed by atoms with Gasteiger partial charge in [0.05, 0.1) is 47.4 Å². The number of hydrogen-bond acceptors (Lipinski definition) is 7. The molecular weight excluding hydrogens is 675 g/mol. The zero-order valence-electron chi connectivity index (χ0n) is 28.7. The summed E-state index contributed by atoms with van der Waals surface area (Å²) >= 11 is 8.80. The van der Waals surface area contributed by atoms with Crippen LogP contribution in [0.15, 0.2) is 53.4 Å². The average Bonchev–Trinajstić information content (AvgIpc) is 3.82. The van der Waals surface area contributed by atoms with Crippen LogP contribution in [0, 0.1) is 12.7 Å². The number of halogens is 2. The zero-order valence-corrected chi connectivity index (χ0v) is 30.3. The van der Waals surface area contributed by atoms with Gasteiger partial charge in [0.15, 0.2) is 0 Å². The molecule has 12 heteroatoms. The summed E-state index contributed by atoms with van der Waals surface area (Å²) in [7, 11) is 7.43. The Balaban J connectivity index is 1.30. The first-order chi connectivity index (χ1) is 24.1. The van der Waals surface area contributed by atoms with Crippen molar-refractivity contribution in [2.24, 2.45) is 14.1 Å². The Morgan fingerprint density at radius 3 is 2.70 bits per heavy atom. The summed E-state index contributed by atoms with van der Waals surface area (Å²) in [5.41, 5.74) is 8.23. The predicted molar refractivity (Wildman–Crippen MR) is 195 cm³/mol. The number of nitrogens with zero attached hydrogens (tertiary/aromatic N) is 6. The molecule has 0 saturated heterocycles. The standard InChI is InChI=1S/C38H38ClFN6O3S/c1-21-33-34-30(39)11-10-29-28(36(38(47)48-5)44(3)35(29)34)7-6-14-49-32-18-26(16-22-15-23(40)8-9-27(22)32)50-20-25-17-24(42-45(25)4)19-43(2)31-12-13-46(41-21)37(31)33/h8-11,15-18,31H,6-7,12-14,19-20H2,1-5H3/t31-/m1/s1. The highest BCUT2D eigenvalue weighted by Gasteiger charge is 2.35. The number of thioether (sulfide) groups is 1. The third-order valence-corrected chi connectivity index (χ3v) is 11.5. The maximum Gasteiger partial charge on any atom is 0.354 e. The molecular formula is C38H38ClFN6O3S. The smallest absolute Gasteiger partial charge is 0.354 e. The monoisotopic (exact) mass is 712 g/mol. The summed E-state index contributed by atoms with van der Waals surface area (Å²) < 4.78 is 32.1. The van der Waals surface area contributed by atoms with E-state index >= 15 is 0 Å². The van der Waals surface area contributed by atoms with Crippen LogP contribution in [0.1, 0.15) is 57.7 Å². The van der Waals surface area contributed by atoms with Crippen LogP contribution < -0.4 is 4.74 Å². The minimum atomic E-state index is -0.404. The highest BCUT2D eigenvalue weighted by atomic mass is 35.5. The van der Waals surface area contributed by atoms with E-state index in [1.54, 1.807) is 23.9 Å². The fourth-order valence-corrected chi connectivity index (χ4v) is 9.13. The van der Waals surface area contributed by atoms with Crippen LogP contribution in [0.25, 0.3) is 32.8 Å². The van der Waals surface area contributed by atoms with Gasteiger partial charge in [-0.15, -0.1) is 11.8 Å². The number of methoxy groups -OCH3 is 1. The molecule has 50 heavy (non-hydrogen) atoms. The van der Waals surface area contributed by atoms with Gasteiger partial charge in [0.2, 0.25) is 0 Å². The Kier molecular flexibility index (Phi) is 8.40. The van der Waals surface area contributed by atoms with E-state index in [4.69, 9.17) is 31.3 Å². The average molecular weight is 713 g/mol. The number of fused-ring (bicyclic) bond motifs is 7. The van der Waals surface area contributed by atoms with Crippen LogP contribution in [0.5, 0.6) is 5.75 Å². The van der Waals surface area contributed by atoms with E-state index in [2.05, 4.69) is 22.7 Å². The van der Waals surface area contributed by atoms with Gasteiger partial charge in [-0.1, -0.05) is 17.7 Å². The second kappa shape index (κ2) is 12.8. The molecule has 0 spiro atoms. The molecule has 3 aromatic heterocycles. The van der Waals surface area contributed by atoms with Crippen LogP contribution in [-0.2, 0) is 44.1 Å². The lowest BCUT2D eigenvalue weighted by atomic mass is 9.95. The molecule has 1 atom stereocenters. The second-order valence-electron chi connectivity index (χ2n) is 13.3. The molecule has 0 saturated carbocycles. The Labute approximate surface area is 298 Å². The first-order valence-corrected chi connectivity index (χ1v) is 18.2. The molecule has 0 fully saturated rings. The van der Waals surface area contributed by atoms with Gasteiger partial charge in [0, 0.05) is 65.4 Å². The molecule has 9 nitrogen and oxygen atoms in total. The first-order valence-electron chi connectivity index (χ1n) is 16.8. The van der Waals surface area contributed by atoms with Crippen LogP contribution in [0.2, 0.25) is 5.02 Å². The van der Waals surface area contributed by atoms with Crippen molar-refractivity contribution in [2.45, 2.75) is 56.0 Å². The molecule has 0 amide bonds. The van der Waals surface area contributed by atoms with E-state index in [9.17, 15) is 9.18 Å². The van der Waals surface area contributed by atoms with Crippen molar-refractivity contribution in [2.75, 3.05) is 20.8 Å². The lowest BCUT2D eigenvalue weighted by Crippen LogP contribution is -2.23. The third-order valence-electron chi connectivity index (χ3n) is 10.2. The number of carbonyl (C=O) groups excluding carboxylic acids is 1. The van der Waals surface area contributed by atoms with Crippen molar-refractivity contribution < 1.29 is 18.7 Å². The van der Waals surface area contributed by atoms with E-state index < -0.39 is 5.97 Å². The van der Waals surface area contributed by atoms with Crippen molar-refractivity contribution in [1.29, 1.82) is 0 Å². The number of benzene rings is 3. The highest BCUT2D eigenvalue weighted by Crippen LogP contribution is 2.46. The molecule has 3 aromatic carbocycles. The van der Waals surface area contributed by atoms with Gasteiger partial charge in [-0.05, 0) is 86.6 Å². The Hall–Kier alpha value is -4.32. The number of carbonyl (C=O) groups is 1. The Morgan fingerprint density at radius 1 is 1.06 bits per heavy atom. The van der Waals surface area contributed by atoms with Gasteiger partial charge in [0.1, 0.15) is 17.3 Å². The predicted octanol–water partition coefficient (Wildman–Crippen LogP) is 8.01. The minimum Gasteiger partial charge on any atom is -0.493 e. The van der Waals surface area contributed by atoms with E-state index in [-0.39, 0.29) is 11.9 Å². The zero-order chi connectivity index (χ0) is 34.8. The van der Waals surface area contributed by atoms with Gasteiger partial charge >= 0.3 is 5.97 Å². The molecule has 0 aliphatic carbocycles. The molecule has 2 aliphatic rings. The lowest BCUT2D eigenvalue weighted by Gasteiger charge is -2.24. The minimum absolute atomic E-state index is 0.0832. The largest absolute Gasteiger partial charge is 0.493 e. The highest BCUT2D eigenvalue weighted by molar-refractivity contribution is 7.98. The molecule has 6 aromatic rings. The summed E-state index contributed by atoms with van der Waals surface area (Å²) in [5, 5.41) is 13.1. The normalized spacial score (nSPS) is 16.8. The van der Waals surface area contributed by atoms with Crippen molar-refractivity contribution in [1.82, 2.24) is 29.0 Å². The summed E-state index contributed by atoms with van der Waals surface area (Å²) in [6.07, 6.45) is 2.11. The topological polar surface area (TPSA) is 79.3 Å². The van der Waals surface area contributed by atoms with Gasteiger partial charge in [-0.3, -0.25) is 14.3 Å². The van der Waals surface area contributed by atoms with Gasteiger partial charge in [-0.25, -0.2) is 9.18 Å². The Morgan fingerprint density at radius 2 is 1.88 bits per heavy atom. The molecule has 0 unspecified atom stereocenters. The fraction of sp³-hybridized carbons (Fsp3) is 0.342. The van der Waals surface area contributed by atoms with Gasteiger partial charge < -0.3 is 14.0 Å². The molecule has 0 N–H and O–H groups in total.